The first-order valence-electron chi connectivity index (χ1n) is 7.95. The molecular weight excluding hydrogens is 318 g/mol. The second kappa shape index (κ2) is 5.41. The van der Waals surface area contributed by atoms with Crippen molar-refractivity contribution in [1.82, 2.24) is 4.57 Å². The number of benzene rings is 2. The highest BCUT2D eigenvalue weighted by Crippen LogP contribution is 2.40. The molecule has 0 fully saturated rings. The molecule has 1 aromatic heterocycles. The number of hydrogen-bond acceptors (Lipinski definition) is 3. The molecule has 2 heterocycles. The van der Waals surface area contributed by atoms with Crippen LogP contribution in [-0.4, -0.2) is 21.4 Å². The van der Waals surface area contributed by atoms with Crippen LogP contribution in [0.1, 0.15) is 24.2 Å². The summed E-state index contributed by atoms with van der Waals surface area (Å²) in [7, 11) is 0. The SMILES string of the molecule is CC1(C)Oc2ccc(-n3ccc(-c4cccc(C(=O)O)c4)c3)cc2O1. The zero-order chi connectivity index (χ0) is 17.6. The average Bonchev–Trinajstić information content (AvgIpc) is 3.17. The smallest absolute Gasteiger partial charge is 0.335 e. The number of ether oxygens (including phenoxy) is 2. The first-order valence-corrected chi connectivity index (χ1v) is 7.95. The van der Waals surface area contributed by atoms with Crippen LogP contribution in [0.5, 0.6) is 11.5 Å². The van der Waals surface area contributed by atoms with Gasteiger partial charge < -0.3 is 19.1 Å². The van der Waals surface area contributed by atoms with Crippen LogP contribution in [0.2, 0.25) is 0 Å². The number of carboxylic acid groups (broad SMARTS) is 1. The van der Waals surface area contributed by atoms with Gasteiger partial charge in [-0.2, -0.15) is 0 Å². The normalized spacial score (nSPS) is 14.5. The summed E-state index contributed by atoms with van der Waals surface area (Å²) >= 11 is 0. The van der Waals surface area contributed by atoms with Gasteiger partial charge in [0.2, 0.25) is 5.79 Å². The van der Waals surface area contributed by atoms with Crippen molar-refractivity contribution in [2.45, 2.75) is 19.6 Å². The molecule has 3 aromatic rings. The van der Waals surface area contributed by atoms with Gasteiger partial charge in [0.15, 0.2) is 11.5 Å². The maximum Gasteiger partial charge on any atom is 0.335 e. The van der Waals surface area contributed by atoms with E-state index in [1.54, 1.807) is 18.2 Å². The van der Waals surface area contributed by atoms with Crippen molar-refractivity contribution in [3.05, 3.63) is 66.5 Å². The van der Waals surface area contributed by atoms with Crippen molar-refractivity contribution in [2.24, 2.45) is 0 Å². The zero-order valence-electron chi connectivity index (χ0n) is 13.9. The molecule has 5 heteroatoms. The van der Waals surface area contributed by atoms with Crippen LogP contribution in [0.4, 0.5) is 0 Å². The minimum absolute atomic E-state index is 0.274. The van der Waals surface area contributed by atoms with Gasteiger partial charge in [0.1, 0.15) is 0 Å². The van der Waals surface area contributed by atoms with Gasteiger partial charge in [0, 0.05) is 38.0 Å². The Morgan fingerprint density at radius 1 is 1.00 bits per heavy atom. The second-order valence-electron chi connectivity index (χ2n) is 6.43. The van der Waals surface area contributed by atoms with E-state index in [2.05, 4.69) is 0 Å². The zero-order valence-corrected chi connectivity index (χ0v) is 13.9. The molecule has 0 bridgehead atoms. The molecule has 0 radical (unpaired) electrons. The van der Waals surface area contributed by atoms with Crippen LogP contribution in [0, 0.1) is 0 Å². The molecule has 0 unspecified atom stereocenters. The third-order valence-electron chi connectivity index (χ3n) is 4.07. The average molecular weight is 335 g/mol. The number of carbonyl (C=O) groups is 1. The van der Waals surface area contributed by atoms with Crippen LogP contribution in [-0.2, 0) is 0 Å². The van der Waals surface area contributed by atoms with E-state index in [1.807, 2.05) is 61.1 Å². The van der Waals surface area contributed by atoms with Crippen molar-refractivity contribution in [3.8, 4) is 28.3 Å². The van der Waals surface area contributed by atoms with Crippen molar-refractivity contribution in [3.63, 3.8) is 0 Å². The molecule has 0 amide bonds. The van der Waals surface area contributed by atoms with E-state index in [4.69, 9.17) is 14.6 Å². The number of carboxylic acids is 1. The van der Waals surface area contributed by atoms with Crippen LogP contribution < -0.4 is 9.47 Å². The number of fused-ring (bicyclic) bond motifs is 1. The highest BCUT2D eigenvalue weighted by atomic mass is 16.7. The van der Waals surface area contributed by atoms with Crippen molar-refractivity contribution >= 4 is 5.97 Å². The fraction of sp³-hybridized carbons (Fsp3) is 0.150. The largest absolute Gasteiger partial charge is 0.478 e. The Morgan fingerprint density at radius 2 is 1.80 bits per heavy atom. The van der Waals surface area contributed by atoms with E-state index in [-0.39, 0.29) is 5.56 Å². The van der Waals surface area contributed by atoms with Gasteiger partial charge >= 0.3 is 5.97 Å². The molecule has 4 rings (SSSR count). The predicted octanol–water partition coefficient (Wildman–Crippen LogP) is 4.35. The van der Waals surface area contributed by atoms with E-state index in [0.717, 1.165) is 22.6 Å². The summed E-state index contributed by atoms with van der Waals surface area (Å²) in [5.41, 5.74) is 3.03. The highest BCUT2D eigenvalue weighted by Gasteiger charge is 2.31. The molecule has 0 saturated heterocycles. The Balaban J connectivity index is 1.67. The molecule has 0 saturated carbocycles. The number of rotatable bonds is 3. The van der Waals surface area contributed by atoms with Gasteiger partial charge in [0.25, 0.3) is 0 Å². The third-order valence-corrected chi connectivity index (χ3v) is 4.07. The third kappa shape index (κ3) is 2.85. The van der Waals surface area contributed by atoms with E-state index in [1.165, 1.54) is 0 Å². The van der Waals surface area contributed by atoms with E-state index < -0.39 is 11.8 Å². The summed E-state index contributed by atoms with van der Waals surface area (Å²) in [6.45, 7) is 3.74. The van der Waals surface area contributed by atoms with E-state index in [0.29, 0.717) is 5.75 Å². The summed E-state index contributed by atoms with van der Waals surface area (Å²) in [5, 5.41) is 9.14. The first-order chi connectivity index (χ1) is 11.9. The quantitative estimate of drug-likeness (QED) is 0.773. The summed E-state index contributed by atoms with van der Waals surface area (Å²) in [6, 6.07) is 14.6. The molecule has 0 atom stereocenters. The molecule has 1 aliphatic heterocycles. The lowest BCUT2D eigenvalue weighted by Crippen LogP contribution is -2.29. The highest BCUT2D eigenvalue weighted by molar-refractivity contribution is 5.89. The van der Waals surface area contributed by atoms with E-state index in [9.17, 15) is 4.79 Å². The standard InChI is InChI=1S/C20H17NO4/c1-20(2)24-17-7-6-16(11-18(17)25-20)21-9-8-15(12-21)13-4-3-5-14(10-13)19(22)23/h3-12H,1-2H3,(H,22,23). The summed E-state index contributed by atoms with van der Waals surface area (Å²) in [5.74, 6) is -0.138. The minimum Gasteiger partial charge on any atom is -0.478 e. The van der Waals surface area contributed by atoms with Crippen molar-refractivity contribution in [1.29, 1.82) is 0 Å². The molecule has 25 heavy (non-hydrogen) atoms. The fourth-order valence-electron chi connectivity index (χ4n) is 2.93. The minimum atomic E-state index is -0.931. The maximum atomic E-state index is 11.1. The van der Waals surface area contributed by atoms with Crippen molar-refractivity contribution < 1.29 is 19.4 Å². The van der Waals surface area contributed by atoms with Crippen LogP contribution in [0.25, 0.3) is 16.8 Å². The molecule has 126 valence electrons. The number of nitrogens with zero attached hydrogens (tertiary/aromatic N) is 1. The van der Waals surface area contributed by atoms with Gasteiger partial charge in [0.05, 0.1) is 5.56 Å². The Bertz CT molecular complexity index is 971. The van der Waals surface area contributed by atoms with Gasteiger partial charge in [-0.3, -0.25) is 0 Å². The lowest BCUT2D eigenvalue weighted by molar-refractivity contribution is -0.0431. The Morgan fingerprint density at radius 3 is 2.60 bits per heavy atom. The predicted molar refractivity (Wildman–Crippen MR) is 93.5 cm³/mol. The van der Waals surface area contributed by atoms with Crippen LogP contribution >= 0.6 is 0 Å². The lowest BCUT2D eigenvalue weighted by Gasteiger charge is -2.16. The summed E-state index contributed by atoms with van der Waals surface area (Å²) < 4.78 is 13.5. The molecule has 1 aliphatic rings. The maximum absolute atomic E-state index is 11.1. The Kier molecular flexibility index (Phi) is 3.32. The van der Waals surface area contributed by atoms with Gasteiger partial charge in [-0.1, -0.05) is 12.1 Å². The summed E-state index contributed by atoms with van der Waals surface area (Å²) in [4.78, 5) is 11.1. The molecule has 5 nitrogen and oxygen atoms in total. The van der Waals surface area contributed by atoms with Gasteiger partial charge in [-0.15, -0.1) is 0 Å². The number of aromatic carboxylic acids is 1. The Hall–Kier alpha value is -3.21. The van der Waals surface area contributed by atoms with Crippen LogP contribution in [0.15, 0.2) is 60.9 Å². The van der Waals surface area contributed by atoms with Gasteiger partial charge in [-0.05, 0) is 41.5 Å². The molecule has 2 aromatic carbocycles. The topological polar surface area (TPSA) is 60.7 Å². The monoisotopic (exact) mass is 335 g/mol. The molecule has 1 N–H and O–H groups in total. The Labute approximate surface area is 145 Å². The number of aromatic nitrogens is 1. The summed E-state index contributed by atoms with van der Waals surface area (Å²) in [6.07, 6.45) is 3.90. The first kappa shape index (κ1) is 15.3. The number of hydrogen-bond donors (Lipinski definition) is 1. The van der Waals surface area contributed by atoms with Crippen LogP contribution in [0.3, 0.4) is 0 Å². The fourth-order valence-corrected chi connectivity index (χ4v) is 2.93. The second-order valence-corrected chi connectivity index (χ2v) is 6.43. The molecule has 0 spiro atoms. The lowest BCUT2D eigenvalue weighted by atomic mass is 10.1. The van der Waals surface area contributed by atoms with Gasteiger partial charge in [-0.25, -0.2) is 4.79 Å². The molecule has 0 aliphatic carbocycles. The van der Waals surface area contributed by atoms with E-state index >= 15 is 0 Å². The van der Waals surface area contributed by atoms with Crippen molar-refractivity contribution in [2.75, 3.05) is 0 Å². The molecular formula is C20H17NO4.